The standard InChI is InChI=1S/C17H16O/c18-12-13-4-1-7-15(10-13)17-9-3-8-16(11-17)14-5-2-6-14/h1,3-4,7-12,14H,2,5-6H2. The van der Waals surface area contributed by atoms with Crippen LogP contribution in [0.15, 0.2) is 48.5 Å². The molecule has 1 fully saturated rings. The summed E-state index contributed by atoms with van der Waals surface area (Å²) in [6, 6.07) is 16.5. The fourth-order valence-corrected chi connectivity index (χ4v) is 2.51. The van der Waals surface area contributed by atoms with Crippen molar-refractivity contribution in [3.63, 3.8) is 0 Å². The summed E-state index contributed by atoms with van der Waals surface area (Å²) < 4.78 is 0. The fraction of sp³-hybridized carbons (Fsp3) is 0.235. The molecule has 0 bridgehead atoms. The molecule has 1 heteroatoms. The molecule has 0 aromatic heterocycles. The molecule has 90 valence electrons. The fourth-order valence-electron chi connectivity index (χ4n) is 2.51. The third-order valence-electron chi connectivity index (χ3n) is 3.82. The van der Waals surface area contributed by atoms with E-state index in [1.807, 2.05) is 18.2 Å². The van der Waals surface area contributed by atoms with Gasteiger partial charge in [0.25, 0.3) is 0 Å². The molecule has 0 unspecified atom stereocenters. The van der Waals surface area contributed by atoms with Crippen molar-refractivity contribution in [2.24, 2.45) is 0 Å². The Balaban J connectivity index is 1.97. The molecule has 0 spiro atoms. The highest BCUT2D eigenvalue weighted by molar-refractivity contribution is 5.79. The summed E-state index contributed by atoms with van der Waals surface area (Å²) in [6.07, 6.45) is 4.89. The van der Waals surface area contributed by atoms with Crippen LogP contribution in [0.5, 0.6) is 0 Å². The van der Waals surface area contributed by atoms with Gasteiger partial charge in [0.05, 0.1) is 0 Å². The maximum atomic E-state index is 10.8. The van der Waals surface area contributed by atoms with Crippen molar-refractivity contribution in [3.8, 4) is 11.1 Å². The Morgan fingerprint density at radius 1 is 0.944 bits per heavy atom. The van der Waals surface area contributed by atoms with E-state index >= 15 is 0 Å². The molecule has 0 heterocycles. The first kappa shape index (κ1) is 11.2. The summed E-state index contributed by atoms with van der Waals surface area (Å²) >= 11 is 0. The molecule has 0 atom stereocenters. The first-order valence-corrected chi connectivity index (χ1v) is 6.52. The van der Waals surface area contributed by atoms with Crippen LogP contribution in [0, 0.1) is 0 Å². The number of carbonyl (C=O) groups excluding carboxylic acids is 1. The van der Waals surface area contributed by atoms with Gasteiger partial charge in [-0.05, 0) is 41.5 Å². The minimum Gasteiger partial charge on any atom is -0.298 e. The van der Waals surface area contributed by atoms with Gasteiger partial charge in [0, 0.05) is 5.56 Å². The minimum absolute atomic E-state index is 0.738. The molecule has 1 aliphatic rings. The van der Waals surface area contributed by atoms with Crippen LogP contribution < -0.4 is 0 Å². The zero-order chi connectivity index (χ0) is 12.4. The third-order valence-corrected chi connectivity index (χ3v) is 3.82. The molecule has 1 nitrogen and oxygen atoms in total. The Hall–Kier alpha value is -1.89. The van der Waals surface area contributed by atoms with Crippen LogP contribution >= 0.6 is 0 Å². The lowest BCUT2D eigenvalue weighted by molar-refractivity contribution is 0.112. The van der Waals surface area contributed by atoms with Gasteiger partial charge in [-0.2, -0.15) is 0 Å². The molecule has 3 rings (SSSR count). The number of carbonyl (C=O) groups is 1. The molecule has 2 aromatic carbocycles. The van der Waals surface area contributed by atoms with Crippen molar-refractivity contribution in [1.82, 2.24) is 0 Å². The molecule has 0 N–H and O–H groups in total. The maximum Gasteiger partial charge on any atom is 0.150 e. The topological polar surface area (TPSA) is 17.1 Å². The van der Waals surface area contributed by atoms with Gasteiger partial charge >= 0.3 is 0 Å². The van der Waals surface area contributed by atoms with Crippen LogP contribution in [-0.4, -0.2) is 6.29 Å². The van der Waals surface area contributed by atoms with E-state index in [1.54, 1.807) is 0 Å². The highest BCUT2D eigenvalue weighted by Crippen LogP contribution is 2.37. The first-order valence-electron chi connectivity index (χ1n) is 6.52. The Morgan fingerprint density at radius 3 is 2.33 bits per heavy atom. The Kier molecular flexibility index (Phi) is 2.97. The summed E-state index contributed by atoms with van der Waals surface area (Å²) in [5.74, 6) is 0.749. The number of hydrogen-bond acceptors (Lipinski definition) is 1. The van der Waals surface area contributed by atoms with E-state index in [1.165, 1.54) is 30.4 Å². The van der Waals surface area contributed by atoms with E-state index in [-0.39, 0.29) is 0 Å². The smallest absolute Gasteiger partial charge is 0.150 e. The van der Waals surface area contributed by atoms with Crippen LogP contribution in [0.3, 0.4) is 0 Å². The maximum absolute atomic E-state index is 10.8. The quantitative estimate of drug-likeness (QED) is 0.720. The molecular weight excluding hydrogens is 220 g/mol. The second-order valence-corrected chi connectivity index (χ2v) is 5.00. The van der Waals surface area contributed by atoms with Crippen molar-refractivity contribution in [1.29, 1.82) is 0 Å². The van der Waals surface area contributed by atoms with Gasteiger partial charge < -0.3 is 0 Å². The predicted molar refractivity (Wildman–Crippen MR) is 73.9 cm³/mol. The molecule has 2 aromatic rings. The van der Waals surface area contributed by atoms with Gasteiger partial charge in [0.2, 0.25) is 0 Å². The predicted octanol–water partition coefficient (Wildman–Crippen LogP) is 4.43. The molecule has 0 radical (unpaired) electrons. The first-order chi connectivity index (χ1) is 8.86. The van der Waals surface area contributed by atoms with E-state index in [4.69, 9.17) is 0 Å². The normalized spacial score (nSPS) is 15.1. The van der Waals surface area contributed by atoms with Crippen molar-refractivity contribution < 1.29 is 4.79 Å². The molecule has 1 saturated carbocycles. The Labute approximate surface area is 107 Å². The van der Waals surface area contributed by atoms with Gasteiger partial charge in [-0.3, -0.25) is 4.79 Å². The molecular formula is C17H16O. The van der Waals surface area contributed by atoms with Gasteiger partial charge in [0.1, 0.15) is 6.29 Å². The highest BCUT2D eigenvalue weighted by Gasteiger charge is 2.19. The molecule has 0 aliphatic heterocycles. The molecule has 0 saturated heterocycles. The van der Waals surface area contributed by atoms with E-state index < -0.39 is 0 Å². The van der Waals surface area contributed by atoms with Crippen LogP contribution in [0.4, 0.5) is 0 Å². The van der Waals surface area contributed by atoms with Crippen LogP contribution in [-0.2, 0) is 0 Å². The molecule has 18 heavy (non-hydrogen) atoms. The average molecular weight is 236 g/mol. The lowest BCUT2D eigenvalue weighted by Crippen LogP contribution is -2.08. The highest BCUT2D eigenvalue weighted by atomic mass is 16.1. The van der Waals surface area contributed by atoms with E-state index in [9.17, 15) is 4.79 Å². The zero-order valence-electron chi connectivity index (χ0n) is 10.3. The summed E-state index contributed by atoms with van der Waals surface area (Å²) in [5.41, 5.74) is 4.51. The second kappa shape index (κ2) is 4.77. The number of rotatable bonds is 3. The SMILES string of the molecule is O=Cc1cccc(-c2cccc(C3CCC3)c2)c1. The average Bonchev–Trinajstić information content (AvgIpc) is 2.37. The van der Waals surface area contributed by atoms with Crippen molar-refractivity contribution >= 4 is 6.29 Å². The number of aldehydes is 1. The van der Waals surface area contributed by atoms with Gasteiger partial charge in [-0.25, -0.2) is 0 Å². The van der Waals surface area contributed by atoms with Crippen LogP contribution in [0.25, 0.3) is 11.1 Å². The summed E-state index contributed by atoms with van der Waals surface area (Å²) in [4.78, 5) is 10.8. The zero-order valence-corrected chi connectivity index (χ0v) is 10.3. The van der Waals surface area contributed by atoms with E-state index in [0.29, 0.717) is 0 Å². The van der Waals surface area contributed by atoms with Gasteiger partial charge in [0.15, 0.2) is 0 Å². The Bertz CT molecular complexity index is 567. The lowest BCUT2D eigenvalue weighted by Gasteiger charge is -2.26. The van der Waals surface area contributed by atoms with Crippen molar-refractivity contribution in [3.05, 3.63) is 59.7 Å². The summed E-state index contributed by atoms with van der Waals surface area (Å²) in [6.45, 7) is 0. The second-order valence-electron chi connectivity index (χ2n) is 5.00. The summed E-state index contributed by atoms with van der Waals surface area (Å²) in [7, 11) is 0. The number of hydrogen-bond donors (Lipinski definition) is 0. The van der Waals surface area contributed by atoms with E-state index in [0.717, 1.165) is 23.3 Å². The van der Waals surface area contributed by atoms with E-state index in [2.05, 4.69) is 30.3 Å². The largest absolute Gasteiger partial charge is 0.298 e. The molecule has 1 aliphatic carbocycles. The Morgan fingerprint density at radius 2 is 1.67 bits per heavy atom. The number of benzene rings is 2. The lowest BCUT2D eigenvalue weighted by atomic mass is 9.79. The van der Waals surface area contributed by atoms with Crippen LogP contribution in [0.1, 0.15) is 41.1 Å². The van der Waals surface area contributed by atoms with Gasteiger partial charge in [-0.1, -0.05) is 48.9 Å². The minimum atomic E-state index is 0.738. The monoisotopic (exact) mass is 236 g/mol. The van der Waals surface area contributed by atoms with Gasteiger partial charge in [-0.15, -0.1) is 0 Å². The molecule has 0 amide bonds. The van der Waals surface area contributed by atoms with Crippen LogP contribution in [0.2, 0.25) is 0 Å². The third kappa shape index (κ3) is 2.08. The van der Waals surface area contributed by atoms with Crippen molar-refractivity contribution in [2.45, 2.75) is 25.2 Å². The summed E-state index contributed by atoms with van der Waals surface area (Å²) in [5, 5.41) is 0. The van der Waals surface area contributed by atoms with Crippen molar-refractivity contribution in [2.75, 3.05) is 0 Å².